The van der Waals surface area contributed by atoms with Crippen molar-refractivity contribution in [1.82, 2.24) is 24.7 Å². The molecule has 6 rings (SSSR count). The van der Waals surface area contributed by atoms with Crippen molar-refractivity contribution in [1.29, 1.82) is 0 Å². The fourth-order valence-corrected chi connectivity index (χ4v) is 4.84. The van der Waals surface area contributed by atoms with Gasteiger partial charge in [0.2, 0.25) is 0 Å². The number of hydrogen-bond donors (Lipinski definition) is 1. The van der Waals surface area contributed by atoms with Crippen LogP contribution in [0.15, 0.2) is 47.7 Å². The summed E-state index contributed by atoms with van der Waals surface area (Å²) in [6.45, 7) is 1.22. The fourth-order valence-electron chi connectivity index (χ4n) is 4.84. The predicted octanol–water partition coefficient (Wildman–Crippen LogP) is 4.58. The van der Waals surface area contributed by atoms with Crippen LogP contribution in [0.3, 0.4) is 0 Å². The third-order valence-electron chi connectivity index (χ3n) is 6.64. The molecule has 2 aliphatic heterocycles. The van der Waals surface area contributed by atoms with E-state index in [9.17, 15) is 8.78 Å². The van der Waals surface area contributed by atoms with Gasteiger partial charge in [0.15, 0.2) is 11.6 Å². The number of benzene rings is 1. The first kappa shape index (κ1) is 24.1. The van der Waals surface area contributed by atoms with Gasteiger partial charge in [0.05, 0.1) is 48.7 Å². The van der Waals surface area contributed by atoms with E-state index in [2.05, 4.69) is 20.4 Å². The highest BCUT2D eigenvalue weighted by Gasteiger charge is 2.27. The van der Waals surface area contributed by atoms with E-state index in [1.165, 1.54) is 6.33 Å². The molecule has 0 aliphatic carbocycles. The van der Waals surface area contributed by atoms with E-state index in [0.29, 0.717) is 59.7 Å². The number of para-hydroxylation sites is 1. The zero-order valence-corrected chi connectivity index (χ0v) is 20.9. The van der Waals surface area contributed by atoms with Crippen LogP contribution in [-0.4, -0.2) is 50.6 Å². The Morgan fingerprint density at radius 1 is 1.11 bits per heavy atom. The second-order valence-corrected chi connectivity index (χ2v) is 9.14. The van der Waals surface area contributed by atoms with Gasteiger partial charge in [-0.3, -0.25) is 9.97 Å². The van der Waals surface area contributed by atoms with Crippen LogP contribution in [0.1, 0.15) is 28.3 Å². The highest BCUT2D eigenvalue weighted by molar-refractivity contribution is 5.98. The molecule has 9 nitrogen and oxygen atoms in total. The fraction of sp³-hybridized carbons (Fsp3) is 0.296. The van der Waals surface area contributed by atoms with Crippen molar-refractivity contribution in [3.8, 4) is 17.1 Å². The molecule has 194 valence electrons. The lowest BCUT2D eigenvalue weighted by Gasteiger charge is -2.17. The Kier molecular flexibility index (Phi) is 6.28. The molecule has 0 radical (unpaired) electrons. The Balaban J connectivity index is 1.39. The molecule has 4 aromatic rings. The van der Waals surface area contributed by atoms with Crippen molar-refractivity contribution in [2.45, 2.75) is 32.3 Å². The Labute approximate surface area is 217 Å². The smallest absolute Gasteiger partial charge is 0.277 e. The summed E-state index contributed by atoms with van der Waals surface area (Å²) in [6.07, 6.45) is 0.0375. The van der Waals surface area contributed by atoms with Crippen LogP contribution < -0.4 is 10.1 Å². The molecule has 0 bridgehead atoms. The van der Waals surface area contributed by atoms with Crippen molar-refractivity contribution >= 4 is 22.8 Å². The van der Waals surface area contributed by atoms with E-state index >= 15 is 0 Å². The minimum Gasteiger partial charge on any atom is -0.494 e. The summed E-state index contributed by atoms with van der Waals surface area (Å²) in [5.74, 6) is 1.18. The van der Waals surface area contributed by atoms with E-state index in [1.807, 2.05) is 36.4 Å². The molecular weight excluding hydrogens is 492 g/mol. The lowest BCUT2D eigenvalue weighted by Crippen LogP contribution is -2.13. The third-order valence-corrected chi connectivity index (χ3v) is 6.64. The largest absolute Gasteiger partial charge is 0.494 e. The summed E-state index contributed by atoms with van der Waals surface area (Å²) < 4.78 is 40.1. The minimum atomic E-state index is -2.65. The van der Waals surface area contributed by atoms with Crippen molar-refractivity contribution in [2.75, 3.05) is 19.0 Å². The van der Waals surface area contributed by atoms with Crippen LogP contribution in [0.25, 0.3) is 11.4 Å². The number of hydrogen-bond acceptors (Lipinski definition) is 8. The molecule has 1 N–H and O–H groups in total. The number of aryl methyl sites for hydroxylation is 1. The molecule has 0 saturated heterocycles. The van der Waals surface area contributed by atoms with E-state index in [4.69, 9.17) is 19.4 Å². The predicted molar refractivity (Wildman–Crippen MR) is 138 cm³/mol. The van der Waals surface area contributed by atoms with Gasteiger partial charge in [-0.05, 0) is 29.8 Å². The number of aromatic nitrogens is 5. The van der Waals surface area contributed by atoms with E-state index in [1.54, 1.807) is 18.8 Å². The quantitative estimate of drug-likeness (QED) is 0.383. The Hall–Kier alpha value is -4.25. The average molecular weight is 518 g/mol. The molecule has 5 heterocycles. The molecule has 0 unspecified atom stereocenters. The number of pyridine rings is 2. The highest BCUT2D eigenvalue weighted by Crippen LogP contribution is 2.41. The van der Waals surface area contributed by atoms with Crippen LogP contribution in [-0.2, 0) is 37.7 Å². The van der Waals surface area contributed by atoms with Crippen molar-refractivity contribution in [3.63, 3.8) is 0 Å². The zero-order valence-electron chi connectivity index (χ0n) is 20.9. The summed E-state index contributed by atoms with van der Waals surface area (Å²) >= 11 is 0. The molecule has 0 atom stereocenters. The first-order chi connectivity index (χ1) is 18.5. The standard InChI is InChI=1S/C27H25F2N7O2/c1-36-27(30-14-31-36)18-4-3-5-20(25(18)37-2)34-21-11-17(33-22-12-23(26(28)29)35-24(21)22)10-16-7-6-15-13-38-9-8-19(15)32-16/h3-7,11,14,26H,8-10,12-13H2,1-2H3,(H,33,34). The second-order valence-electron chi connectivity index (χ2n) is 9.14. The number of fused-ring (bicyclic) bond motifs is 2. The van der Waals surface area contributed by atoms with E-state index < -0.39 is 6.43 Å². The van der Waals surface area contributed by atoms with Gasteiger partial charge in [0.25, 0.3) is 6.43 Å². The number of alkyl halides is 2. The lowest BCUT2D eigenvalue weighted by atomic mass is 10.1. The monoisotopic (exact) mass is 517 g/mol. The van der Waals surface area contributed by atoms with Gasteiger partial charge < -0.3 is 14.8 Å². The number of ether oxygens (including phenoxy) is 2. The maximum absolute atomic E-state index is 13.6. The van der Waals surface area contributed by atoms with Crippen LogP contribution in [0, 0.1) is 0 Å². The average Bonchev–Trinajstić information content (AvgIpc) is 3.55. The number of nitrogens with one attached hydrogen (secondary N) is 1. The third kappa shape index (κ3) is 4.49. The molecule has 0 amide bonds. The molecule has 0 spiro atoms. The minimum absolute atomic E-state index is 0.000585. The van der Waals surface area contributed by atoms with Crippen LogP contribution in [0.4, 0.5) is 25.8 Å². The van der Waals surface area contributed by atoms with Crippen LogP contribution in [0.2, 0.25) is 0 Å². The molecule has 3 aromatic heterocycles. The Morgan fingerprint density at radius 3 is 2.76 bits per heavy atom. The molecule has 0 saturated carbocycles. The molecule has 38 heavy (non-hydrogen) atoms. The Bertz CT molecular complexity index is 1550. The van der Waals surface area contributed by atoms with Gasteiger partial charge >= 0.3 is 0 Å². The molecule has 1 aromatic carbocycles. The van der Waals surface area contributed by atoms with Gasteiger partial charge in [-0.25, -0.2) is 23.4 Å². The topological polar surface area (TPSA) is 99.3 Å². The number of nitrogens with zero attached hydrogens (tertiary/aromatic N) is 6. The number of methoxy groups -OCH3 is 1. The molecule has 2 aliphatic rings. The SMILES string of the molecule is COc1c(Nc2cc(Cc3ccc4c(n3)CCOC4)nc3c2N=C(C(F)F)C3)cccc1-c1ncnn1C. The summed E-state index contributed by atoms with van der Waals surface area (Å²) in [4.78, 5) is 18.1. The van der Waals surface area contributed by atoms with E-state index in [0.717, 1.165) is 28.9 Å². The maximum atomic E-state index is 13.6. The number of aliphatic imine (C=N–C) groups is 1. The van der Waals surface area contributed by atoms with Gasteiger partial charge in [0.1, 0.15) is 12.0 Å². The molecular formula is C27H25F2N7O2. The summed E-state index contributed by atoms with van der Waals surface area (Å²) in [6, 6.07) is 11.4. The Morgan fingerprint density at radius 2 is 1.97 bits per heavy atom. The van der Waals surface area contributed by atoms with Crippen molar-refractivity contribution in [3.05, 3.63) is 71.1 Å². The van der Waals surface area contributed by atoms with Gasteiger partial charge in [0, 0.05) is 43.4 Å². The van der Waals surface area contributed by atoms with Gasteiger partial charge in [-0.15, -0.1) is 0 Å². The highest BCUT2D eigenvalue weighted by atomic mass is 19.3. The van der Waals surface area contributed by atoms with Crippen LogP contribution >= 0.6 is 0 Å². The zero-order chi connectivity index (χ0) is 26.2. The summed E-state index contributed by atoms with van der Waals surface area (Å²) in [7, 11) is 3.37. The van der Waals surface area contributed by atoms with Gasteiger partial charge in [-0.2, -0.15) is 5.10 Å². The van der Waals surface area contributed by atoms with E-state index in [-0.39, 0.29) is 12.1 Å². The molecule has 0 fully saturated rings. The molecule has 11 heteroatoms. The van der Waals surface area contributed by atoms with Gasteiger partial charge in [-0.1, -0.05) is 12.1 Å². The summed E-state index contributed by atoms with van der Waals surface area (Å²) in [5, 5.41) is 7.52. The maximum Gasteiger partial charge on any atom is 0.277 e. The number of anilines is 2. The van der Waals surface area contributed by atoms with Crippen molar-refractivity contribution in [2.24, 2.45) is 12.0 Å². The summed E-state index contributed by atoms with van der Waals surface area (Å²) in [5.41, 5.74) is 6.36. The normalized spacial score (nSPS) is 14.3. The van der Waals surface area contributed by atoms with Crippen LogP contribution in [0.5, 0.6) is 5.75 Å². The number of rotatable bonds is 7. The first-order valence-corrected chi connectivity index (χ1v) is 12.2. The van der Waals surface area contributed by atoms with Crippen molar-refractivity contribution < 1.29 is 18.3 Å². The number of halogens is 2. The lowest BCUT2D eigenvalue weighted by molar-refractivity contribution is 0.109. The second kappa shape index (κ2) is 9.90. The first-order valence-electron chi connectivity index (χ1n) is 12.2.